The van der Waals surface area contributed by atoms with Gasteiger partial charge in [0.05, 0.1) is 16.9 Å². The van der Waals surface area contributed by atoms with E-state index in [0.29, 0.717) is 22.3 Å². The number of aryl methyl sites for hydroxylation is 1. The van der Waals surface area contributed by atoms with Crippen molar-refractivity contribution in [2.24, 2.45) is 11.8 Å². The first kappa shape index (κ1) is 24.6. The lowest BCUT2D eigenvalue weighted by atomic mass is 9.69. The minimum Gasteiger partial charge on any atom is -0.478 e. The van der Waals surface area contributed by atoms with Crippen LogP contribution in [0.5, 0.6) is 0 Å². The Bertz CT molecular complexity index is 1210. The highest BCUT2D eigenvalue weighted by molar-refractivity contribution is 6.30. The summed E-state index contributed by atoms with van der Waals surface area (Å²) in [6.07, 6.45) is 7.24. The average molecular weight is 511 g/mol. The fraction of sp³-hybridized carbons (Fsp3) is 0.345. The molecule has 188 valence electrons. The first-order valence-electron chi connectivity index (χ1n) is 12.5. The number of hydrogen-bond acceptors (Lipinski definition) is 3. The minimum atomic E-state index is -0.945. The third kappa shape index (κ3) is 4.79. The van der Waals surface area contributed by atoms with E-state index in [1.165, 1.54) is 18.6 Å². The normalized spacial score (nSPS) is 17.6. The predicted octanol–water partition coefficient (Wildman–Crippen LogP) is 7.84. The van der Waals surface area contributed by atoms with Crippen LogP contribution in [-0.2, 0) is 12.1 Å². The van der Waals surface area contributed by atoms with Gasteiger partial charge in [0.25, 0.3) is 0 Å². The Morgan fingerprint density at radius 1 is 0.944 bits per heavy atom. The van der Waals surface area contributed by atoms with Crippen molar-refractivity contribution in [3.8, 4) is 0 Å². The summed E-state index contributed by atoms with van der Waals surface area (Å²) in [4.78, 5) is 11.3. The van der Waals surface area contributed by atoms with Crippen LogP contribution in [0.4, 0.5) is 20.2 Å². The molecule has 0 saturated heterocycles. The lowest BCUT2D eigenvalue weighted by Gasteiger charge is -2.44. The molecule has 7 heteroatoms. The molecule has 0 aromatic heterocycles. The highest BCUT2D eigenvalue weighted by atomic mass is 35.5. The summed E-state index contributed by atoms with van der Waals surface area (Å²) < 4.78 is 28.4. The third-order valence-corrected chi connectivity index (χ3v) is 8.00. The summed E-state index contributed by atoms with van der Waals surface area (Å²) in [5, 5.41) is 17.0. The quantitative estimate of drug-likeness (QED) is 0.303. The van der Waals surface area contributed by atoms with Gasteiger partial charge in [0.2, 0.25) is 0 Å². The van der Waals surface area contributed by atoms with Gasteiger partial charge in [-0.25, -0.2) is 13.6 Å². The summed E-state index contributed by atoms with van der Waals surface area (Å²) in [6, 6.07) is 17.1. The van der Waals surface area contributed by atoms with E-state index in [1.807, 2.05) is 36.4 Å². The van der Waals surface area contributed by atoms with Crippen LogP contribution in [-0.4, -0.2) is 11.1 Å². The van der Waals surface area contributed by atoms with Gasteiger partial charge in [-0.15, -0.1) is 0 Å². The largest absolute Gasteiger partial charge is 0.478 e. The smallest absolute Gasteiger partial charge is 0.335 e. The first-order valence-corrected chi connectivity index (χ1v) is 12.9. The molecule has 1 heterocycles. The number of anilines is 2. The molecule has 1 unspecified atom stereocenters. The summed E-state index contributed by atoms with van der Waals surface area (Å²) in [6.45, 7) is 0. The van der Waals surface area contributed by atoms with Gasteiger partial charge in [-0.05, 0) is 54.2 Å². The standard InChI is InChI=1S/C29H29ClF2N2O2/c30-22-13-11-21(12-14-22)29(33-26-16-24(31)25(32)17-27(26)34-29)23(19-4-2-1-3-5-19)15-8-18-6-9-20(10-7-18)28(35)36/h6-7,9-14,16-17,19,23,33-34H,1-5,8,15H2,(H,35,36). The third-order valence-electron chi connectivity index (χ3n) is 7.74. The minimum absolute atomic E-state index is 0.0941. The van der Waals surface area contributed by atoms with Crippen molar-refractivity contribution in [3.05, 3.63) is 94.0 Å². The molecule has 0 bridgehead atoms. The van der Waals surface area contributed by atoms with Crippen molar-refractivity contribution in [3.63, 3.8) is 0 Å². The number of benzene rings is 3. The number of rotatable bonds is 7. The van der Waals surface area contributed by atoms with Crippen LogP contribution in [0, 0.1) is 23.5 Å². The molecular formula is C29H29ClF2N2O2. The molecule has 0 amide bonds. The zero-order valence-corrected chi connectivity index (χ0v) is 20.6. The summed E-state index contributed by atoms with van der Waals surface area (Å²) >= 11 is 6.22. The van der Waals surface area contributed by atoms with E-state index in [9.17, 15) is 18.7 Å². The molecule has 2 aliphatic rings. The van der Waals surface area contributed by atoms with Crippen molar-refractivity contribution < 1.29 is 18.7 Å². The summed E-state index contributed by atoms with van der Waals surface area (Å²) in [5.41, 5.74) is 2.58. The maximum atomic E-state index is 14.2. The van der Waals surface area contributed by atoms with Crippen LogP contribution in [0.2, 0.25) is 5.02 Å². The van der Waals surface area contributed by atoms with Gasteiger partial charge in [0.1, 0.15) is 5.66 Å². The van der Waals surface area contributed by atoms with E-state index in [2.05, 4.69) is 10.6 Å². The van der Waals surface area contributed by atoms with Crippen molar-refractivity contribution >= 4 is 28.9 Å². The van der Waals surface area contributed by atoms with Gasteiger partial charge >= 0.3 is 5.97 Å². The van der Waals surface area contributed by atoms with Crippen LogP contribution < -0.4 is 10.6 Å². The van der Waals surface area contributed by atoms with E-state index >= 15 is 0 Å². The Balaban J connectivity index is 1.54. The number of carbonyl (C=O) groups is 1. The number of carboxylic acids is 1. The number of carboxylic acid groups (broad SMARTS) is 1. The highest BCUT2D eigenvalue weighted by Gasteiger charge is 2.48. The molecular weight excluding hydrogens is 482 g/mol. The molecule has 36 heavy (non-hydrogen) atoms. The summed E-state index contributed by atoms with van der Waals surface area (Å²) in [7, 11) is 0. The first-order chi connectivity index (χ1) is 17.4. The lowest BCUT2D eigenvalue weighted by molar-refractivity contribution is 0.0697. The zero-order chi connectivity index (χ0) is 25.3. The van der Waals surface area contributed by atoms with Crippen LogP contribution in [0.1, 0.15) is 60.0 Å². The van der Waals surface area contributed by atoms with Crippen molar-refractivity contribution in [1.29, 1.82) is 0 Å². The van der Waals surface area contributed by atoms with Crippen molar-refractivity contribution in [2.75, 3.05) is 10.6 Å². The monoisotopic (exact) mass is 510 g/mol. The number of fused-ring (bicyclic) bond motifs is 1. The highest BCUT2D eigenvalue weighted by Crippen LogP contribution is 2.50. The van der Waals surface area contributed by atoms with Crippen LogP contribution in [0.25, 0.3) is 0 Å². The van der Waals surface area contributed by atoms with E-state index < -0.39 is 23.3 Å². The molecule has 0 radical (unpaired) electrons. The van der Waals surface area contributed by atoms with Crippen LogP contribution >= 0.6 is 11.6 Å². The Morgan fingerprint density at radius 3 is 2.08 bits per heavy atom. The maximum Gasteiger partial charge on any atom is 0.335 e. The topological polar surface area (TPSA) is 61.4 Å². The molecule has 1 atom stereocenters. The van der Waals surface area contributed by atoms with Gasteiger partial charge in [0, 0.05) is 23.1 Å². The van der Waals surface area contributed by atoms with E-state index in [0.717, 1.165) is 49.7 Å². The van der Waals surface area contributed by atoms with Crippen molar-refractivity contribution in [1.82, 2.24) is 0 Å². The Kier molecular flexibility index (Phi) is 6.89. The van der Waals surface area contributed by atoms with Gasteiger partial charge < -0.3 is 15.7 Å². The fourth-order valence-corrected chi connectivity index (χ4v) is 6.07. The van der Waals surface area contributed by atoms with Crippen LogP contribution in [0.3, 0.4) is 0 Å². The van der Waals surface area contributed by atoms with Crippen LogP contribution in [0.15, 0.2) is 60.7 Å². The van der Waals surface area contributed by atoms with Gasteiger partial charge in [-0.1, -0.05) is 68.0 Å². The SMILES string of the molecule is O=C(O)c1ccc(CCC(C2CCCCC2)C2(c3ccc(Cl)cc3)Nc3cc(F)c(F)cc3N2)cc1. The number of aromatic carboxylic acids is 1. The molecule has 5 rings (SSSR count). The Hall–Kier alpha value is -3.12. The molecule has 1 aliphatic heterocycles. The predicted molar refractivity (Wildman–Crippen MR) is 139 cm³/mol. The number of halogens is 3. The lowest BCUT2D eigenvalue weighted by Crippen LogP contribution is -2.49. The molecule has 1 saturated carbocycles. The zero-order valence-electron chi connectivity index (χ0n) is 19.9. The Morgan fingerprint density at radius 2 is 1.53 bits per heavy atom. The summed E-state index contributed by atoms with van der Waals surface area (Å²) in [5.74, 6) is -2.22. The van der Waals surface area contributed by atoms with E-state index in [-0.39, 0.29) is 11.5 Å². The molecule has 3 N–H and O–H groups in total. The second kappa shape index (κ2) is 10.1. The molecule has 3 aromatic carbocycles. The molecule has 1 aliphatic carbocycles. The second-order valence-corrected chi connectivity index (χ2v) is 10.4. The molecule has 1 fully saturated rings. The van der Waals surface area contributed by atoms with E-state index in [1.54, 1.807) is 12.1 Å². The maximum absolute atomic E-state index is 14.2. The Labute approximate surface area is 214 Å². The number of hydrogen-bond donors (Lipinski definition) is 3. The van der Waals surface area contributed by atoms with Gasteiger partial charge in [0.15, 0.2) is 11.6 Å². The second-order valence-electron chi connectivity index (χ2n) is 9.92. The van der Waals surface area contributed by atoms with Crippen molar-refractivity contribution in [2.45, 2.75) is 50.6 Å². The molecule has 3 aromatic rings. The van der Waals surface area contributed by atoms with Gasteiger partial charge in [-0.3, -0.25) is 0 Å². The van der Waals surface area contributed by atoms with Gasteiger partial charge in [-0.2, -0.15) is 0 Å². The fourth-order valence-electron chi connectivity index (χ4n) is 5.94. The molecule has 0 spiro atoms. The molecule has 4 nitrogen and oxygen atoms in total. The van der Waals surface area contributed by atoms with E-state index in [4.69, 9.17) is 11.6 Å². The number of nitrogens with one attached hydrogen (secondary N) is 2. The average Bonchev–Trinajstić information content (AvgIpc) is 3.24.